The average molecular weight is 610 g/mol. The Hall–Kier alpha value is -2.52. The predicted octanol–water partition coefficient (Wildman–Crippen LogP) is 6.15. The molecule has 2 N–H and O–H groups in total. The van der Waals surface area contributed by atoms with Crippen LogP contribution in [0.15, 0.2) is 60.7 Å². The lowest BCUT2D eigenvalue weighted by Gasteiger charge is -2.47. The number of rotatable bonds is 14. The lowest BCUT2D eigenvalue weighted by Crippen LogP contribution is -2.57. The predicted molar refractivity (Wildman–Crippen MR) is 177 cm³/mol. The molecule has 0 radical (unpaired) electrons. The molecule has 5 atom stereocenters. The van der Waals surface area contributed by atoms with Crippen LogP contribution in [0.25, 0.3) is 0 Å². The first-order valence-corrected chi connectivity index (χ1v) is 18.8. The molecule has 2 amide bonds. The molecule has 2 aromatic carbocycles. The van der Waals surface area contributed by atoms with E-state index in [2.05, 4.69) is 124 Å². The smallest absolute Gasteiger partial charge is 0.250 e. The molecule has 1 heterocycles. The van der Waals surface area contributed by atoms with Crippen molar-refractivity contribution >= 4 is 20.1 Å². The Morgan fingerprint density at radius 1 is 0.977 bits per heavy atom. The van der Waals surface area contributed by atoms with E-state index in [-0.39, 0.29) is 34.9 Å². The summed E-state index contributed by atoms with van der Waals surface area (Å²) in [6.45, 7) is 19.6. The van der Waals surface area contributed by atoms with Gasteiger partial charge in [0, 0.05) is 38.7 Å². The van der Waals surface area contributed by atoms with Gasteiger partial charge in [-0.25, -0.2) is 0 Å². The van der Waals surface area contributed by atoms with Crippen molar-refractivity contribution in [3.05, 3.63) is 71.8 Å². The molecule has 0 saturated carbocycles. The van der Waals surface area contributed by atoms with Crippen LogP contribution in [-0.2, 0) is 31.8 Å². The van der Waals surface area contributed by atoms with Gasteiger partial charge in [0.25, 0.3) is 0 Å². The van der Waals surface area contributed by atoms with Gasteiger partial charge in [0.05, 0.1) is 6.10 Å². The third-order valence-electron chi connectivity index (χ3n) is 9.07. The van der Waals surface area contributed by atoms with Gasteiger partial charge in [0.15, 0.2) is 8.32 Å². The molecule has 3 rings (SSSR count). The minimum Gasteiger partial charge on any atom is -0.412 e. The van der Waals surface area contributed by atoms with Crippen molar-refractivity contribution in [3.63, 3.8) is 0 Å². The Kier molecular flexibility index (Phi) is 12.6. The first-order valence-electron chi connectivity index (χ1n) is 15.9. The second-order valence-electron chi connectivity index (χ2n) is 14.0. The monoisotopic (exact) mass is 609 g/mol. The molecule has 1 saturated heterocycles. The molecule has 1 fully saturated rings. The number of ether oxygens (including phenoxy) is 1. The average Bonchev–Trinajstić information content (AvgIpc) is 3.44. The highest BCUT2D eigenvalue weighted by atomic mass is 28.4. The Morgan fingerprint density at radius 2 is 1.51 bits per heavy atom. The van der Waals surface area contributed by atoms with E-state index in [0.717, 1.165) is 25.9 Å². The summed E-state index contributed by atoms with van der Waals surface area (Å²) < 4.78 is 13.6. The van der Waals surface area contributed by atoms with Crippen LogP contribution in [0.5, 0.6) is 0 Å². The van der Waals surface area contributed by atoms with Gasteiger partial charge in [0.2, 0.25) is 11.8 Å². The fourth-order valence-corrected chi connectivity index (χ4v) is 7.02. The van der Waals surface area contributed by atoms with E-state index < -0.39 is 20.5 Å². The molecule has 1 aliphatic heterocycles. The van der Waals surface area contributed by atoms with Crippen molar-refractivity contribution in [1.82, 2.24) is 15.5 Å². The fourth-order valence-electron chi connectivity index (χ4n) is 5.66. The van der Waals surface area contributed by atoms with Crippen molar-refractivity contribution in [2.45, 2.75) is 110 Å². The molecule has 2 aromatic rings. The normalized spacial score (nSPS) is 19.7. The molecule has 0 aromatic heterocycles. The Balaban J connectivity index is 2.10. The summed E-state index contributed by atoms with van der Waals surface area (Å²) in [6, 6.07) is 20.6. The zero-order valence-electron chi connectivity index (χ0n) is 27.9. The maximum absolute atomic E-state index is 13.7. The summed E-state index contributed by atoms with van der Waals surface area (Å²) >= 11 is 0. The number of hydrogen-bond acceptors (Lipinski definition) is 5. The third kappa shape index (κ3) is 9.73. The van der Waals surface area contributed by atoms with E-state index in [1.54, 1.807) is 14.0 Å². The number of nitrogens with zero attached hydrogens (tertiary/aromatic N) is 1. The molecular formula is C35H55N3O4Si. The van der Waals surface area contributed by atoms with Gasteiger partial charge < -0.3 is 19.8 Å². The highest BCUT2D eigenvalue weighted by Crippen LogP contribution is 2.42. The number of carbonyl (C=O) groups excluding carboxylic acids is 2. The summed E-state index contributed by atoms with van der Waals surface area (Å²) in [5.74, 6) is -0.216. The lowest BCUT2D eigenvalue weighted by atomic mass is 9.85. The Labute approximate surface area is 261 Å². The molecule has 8 heteroatoms. The van der Waals surface area contributed by atoms with Gasteiger partial charge in [0.1, 0.15) is 12.1 Å². The summed E-state index contributed by atoms with van der Waals surface area (Å²) in [4.78, 5) is 28.5. The van der Waals surface area contributed by atoms with Crippen molar-refractivity contribution < 1.29 is 18.8 Å². The maximum Gasteiger partial charge on any atom is 0.250 e. The molecule has 0 unspecified atom stereocenters. The number of hydrogen-bond donors (Lipinski definition) is 2. The SMILES string of the molecule is CNC(=O)[C@H](C)NC(=O)[C@@H]1OCC[C@H]1[C@H](O[Si](C)(C)C(C)(C)C)[C@H](CC(C)C)N(Cc1ccccc1)Cc1ccccc1. The Bertz CT molecular complexity index is 1110. The molecule has 43 heavy (non-hydrogen) atoms. The topological polar surface area (TPSA) is 79.9 Å². The lowest BCUT2D eigenvalue weighted by molar-refractivity contribution is -0.137. The molecule has 7 nitrogen and oxygen atoms in total. The number of nitrogens with one attached hydrogen (secondary N) is 2. The largest absolute Gasteiger partial charge is 0.412 e. The van der Waals surface area contributed by atoms with Crippen molar-refractivity contribution in [2.24, 2.45) is 11.8 Å². The molecule has 1 aliphatic rings. The number of amides is 2. The molecule has 0 spiro atoms. The minimum atomic E-state index is -2.28. The second kappa shape index (κ2) is 15.5. The van der Waals surface area contributed by atoms with Crippen molar-refractivity contribution in [2.75, 3.05) is 13.7 Å². The van der Waals surface area contributed by atoms with Gasteiger partial charge in [-0.05, 0) is 54.9 Å². The van der Waals surface area contributed by atoms with Crippen LogP contribution in [-0.4, -0.2) is 63.0 Å². The zero-order chi connectivity index (χ0) is 31.8. The van der Waals surface area contributed by atoms with E-state index in [1.807, 2.05) is 0 Å². The van der Waals surface area contributed by atoms with E-state index >= 15 is 0 Å². The van der Waals surface area contributed by atoms with Gasteiger partial charge in [-0.3, -0.25) is 14.5 Å². The quantitative estimate of drug-likeness (QED) is 0.251. The van der Waals surface area contributed by atoms with Crippen LogP contribution in [0.4, 0.5) is 0 Å². The minimum absolute atomic E-state index is 0.0116. The van der Waals surface area contributed by atoms with Crippen LogP contribution < -0.4 is 10.6 Å². The van der Waals surface area contributed by atoms with Crippen LogP contribution in [0.1, 0.15) is 65.5 Å². The summed E-state index contributed by atoms with van der Waals surface area (Å²) in [5.41, 5.74) is 2.49. The number of carbonyl (C=O) groups is 2. The van der Waals surface area contributed by atoms with Crippen LogP contribution in [0, 0.1) is 11.8 Å². The van der Waals surface area contributed by atoms with Crippen LogP contribution >= 0.6 is 0 Å². The second-order valence-corrected chi connectivity index (χ2v) is 18.8. The van der Waals surface area contributed by atoms with E-state index in [9.17, 15) is 9.59 Å². The summed E-state index contributed by atoms with van der Waals surface area (Å²) in [6.07, 6.45) is 0.722. The number of likely N-dealkylation sites (N-methyl/N-ethyl adjacent to an activating group) is 1. The van der Waals surface area contributed by atoms with Gasteiger partial charge in [-0.1, -0.05) is 95.3 Å². The first kappa shape index (κ1) is 35.0. The molecule has 0 aliphatic carbocycles. The van der Waals surface area contributed by atoms with Gasteiger partial charge in [-0.15, -0.1) is 0 Å². The highest BCUT2D eigenvalue weighted by Gasteiger charge is 2.49. The standard InChI is InChI=1S/C35H55N3O4Si/c1-25(2)22-30(38(23-27-16-12-10-13-17-27)24-28-18-14-11-15-19-28)31(42-43(8,9)35(4,5)6)29-20-21-41-32(29)34(40)37-26(3)33(39)36-7/h10-19,25-26,29-32H,20-24H2,1-9H3,(H,36,39)(H,37,40)/t26-,29-,30-,31-,32+/m0/s1. The highest BCUT2D eigenvalue weighted by molar-refractivity contribution is 6.74. The Morgan fingerprint density at radius 3 is 1.98 bits per heavy atom. The molecular weight excluding hydrogens is 554 g/mol. The summed E-state index contributed by atoms with van der Waals surface area (Å²) in [5, 5.41) is 5.52. The van der Waals surface area contributed by atoms with Gasteiger partial charge in [-0.2, -0.15) is 0 Å². The van der Waals surface area contributed by atoms with E-state index in [4.69, 9.17) is 9.16 Å². The maximum atomic E-state index is 13.7. The van der Waals surface area contributed by atoms with E-state index in [1.165, 1.54) is 11.1 Å². The molecule has 0 bridgehead atoms. The fraction of sp³-hybridized carbons (Fsp3) is 0.600. The first-order chi connectivity index (χ1) is 20.2. The summed E-state index contributed by atoms with van der Waals surface area (Å²) in [7, 11) is -0.700. The van der Waals surface area contributed by atoms with Crippen molar-refractivity contribution in [1.29, 1.82) is 0 Å². The zero-order valence-corrected chi connectivity index (χ0v) is 28.9. The van der Waals surface area contributed by atoms with Gasteiger partial charge >= 0.3 is 0 Å². The molecule has 238 valence electrons. The van der Waals surface area contributed by atoms with Crippen LogP contribution in [0.2, 0.25) is 18.1 Å². The van der Waals surface area contributed by atoms with Crippen molar-refractivity contribution in [3.8, 4) is 0 Å². The third-order valence-corrected chi connectivity index (χ3v) is 13.5. The van der Waals surface area contributed by atoms with Crippen LogP contribution in [0.3, 0.4) is 0 Å². The van der Waals surface area contributed by atoms with E-state index in [0.29, 0.717) is 12.5 Å². The number of benzene rings is 2.